The molecule has 1 aromatic rings. The number of rotatable bonds is 4. The third-order valence-electron chi connectivity index (χ3n) is 1.77. The van der Waals surface area contributed by atoms with Crippen molar-refractivity contribution in [1.29, 1.82) is 0 Å². The molecule has 0 unspecified atom stereocenters. The topological polar surface area (TPSA) is 67.2 Å². The van der Waals surface area contributed by atoms with E-state index in [0.29, 0.717) is 6.61 Å². The molecule has 13 heavy (non-hydrogen) atoms. The average molecular weight is 186 g/mol. The van der Waals surface area contributed by atoms with Crippen LogP contribution in [0.15, 0.2) is 4.79 Å². The summed E-state index contributed by atoms with van der Waals surface area (Å²) in [6.45, 7) is 2.55. The Morgan fingerprint density at radius 3 is 2.77 bits per heavy atom. The predicted molar refractivity (Wildman–Crippen MR) is 48.1 cm³/mol. The van der Waals surface area contributed by atoms with Crippen LogP contribution in [-0.4, -0.2) is 21.3 Å². The molecule has 0 radical (unpaired) electrons. The second-order valence-electron chi connectivity index (χ2n) is 2.84. The van der Waals surface area contributed by atoms with Crippen LogP contribution in [0.4, 0.5) is 0 Å². The van der Waals surface area contributed by atoms with Crippen molar-refractivity contribution >= 4 is 0 Å². The Hall–Kier alpha value is -1.39. The highest BCUT2D eigenvalue weighted by Crippen LogP contribution is 2.19. The van der Waals surface area contributed by atoms with Crippen LogP contribution in [0, 0.1) is 0 Å². The number of nitrogens with one attached hydrogen (secondary N) is 1. The first-order valence-electron chi connectivity index (χ1n) is 4.27. The molecule has 5 heteroatoms. The zero-order valence-electron chi connectivity index (χ0n) is 7.83. The fraction of sp³-hybridized carbons (Fsp3) is 0.625. The normalized spacial score (nSPS) is 10.3. The van der Waals surface area contributed by atoms with Crippen molar-refractivity contribution in [2.24, 2.45) is 7.05 Å². The molecular weight excluding hydrogens is 172 g/mol. The van der Waals surface area contributed by atoms with Gasteiger partial charge in [-0.15, -0.1) is 0 Å². The number of imidazole rings is 1. The van der Waals surface area contributed by atoms with E-state index in [-0.39, 0.29) is 17.4 Å². The number of unbranched alkanes of at least 4 members (excludes halogenated alkanes) is 1. The van der Waals surface area contributed by atoms with Gasteiger partial charge >= 0.3 is 5.69 Å². The zero-order chi connectivity index (χ0) is 9.84. The Morgan fingerprint density at radius 2 is 2.31 bits per heavy atom. The van der Waals surface area contributed by atoms with Crippen LogP contribution in [0.3, 0.4) is 0 Å². The maximum Gasteiger partial charge on any atom is 0.331 e. The van der Waals surface area contributed by atoms with Crippen LogP contribution >= 0.6 is 0 Å². The molecule has 5 nitrogen and oxygen atoms in total. The third kappa shape index (κ3) is 2.05. The standard InChI is InChI=1S/C8H14N2O3/c1-3-4-5-13-7-6(11)9-8(12)10(7)2/h11H,3-5H2,1-2H3,(H,9,12). The number of aromatic hydroxyl groups is 1. The second kappa shape index (κ2) is 4.02. The molecule has 0 bridgehead atoms. The van der Waals surface area contributed by atoms with Gasteiger partial charge in [-0.25, -0.2) is 4.79 Å². The summed E-state index contributed by atoms with van der Waals surface area (Å²) in [7, 11) is 1.54. The average Bonchev–Trinajstić information content (AvgIpc) is 2.32. The smallest absolute Gasteiger partial charge is 0.331 e. The number of H-pyrrole nitrogens is 1. The van der Waals surface area contributed by atoms with Gasteiger partial charge in [-0.2, -0.15) is 0 Å². The highest BCUT2D eigenvalue weighted by Gasteiger charge is 2.10. The minimum absolute atomic E-state index is 0.205. The molecule has 1 aromatic heterocycles. The maximum atomic E-state index is 11.0. The summed E-state index contributed by atoms with van der Waals surface area (Å²) in [6, 6.07) is 0. The van der Waals surface area contributed by atoms with Crippen molar-refractivity contribution in [3.63, 3.8) is 0 Å². The minimum atomic E-state index is -0.371. The molecule has 0 atom stereocenters. The second-order valence-corrected chi connectivity index (χ2v) is 2.84. The molecular formula is C8H14N2O3. The van der Waals surface area contributed by atoms with Crippen molar-refractivity contribution in [2.75, 3.05) is 6.61 Å². The number of hydrogen-bond donors (Lipinski definition) is 2. The molecule has 0 saturated carbocycles. The summed E-state index contributed by atoms with van der Waals surface area (Å²) in [6.07, 6.45) is 1.91. The first-order chi connectivity index (χ1) is 6.16. The molecule has 0 fully saturated rings. The monoisotopic (exact) mass is 186 g/mol. The summed E-state index contributed by atoms with van der Waals surface area (Å²) in [5.74, 6) is 0.00190. The Balaban J connectivity index is 2.70. The number of aromatic amines is 1. The molecule has 0 aliphatic rings. The van der Waals surface area contributed by atoms with E-state index in [4.69, 9.17) is 4.74 Å². The van der Waals surface area contributed by atoms with Crippen molar-refractivity contribution in [3.05, 3.63) is 10.5 Å². The van der Waals surface area contributed by atoms with Crippen molar-refractivity contribution in [1.82, 2.24) is 9.55 Å². The Morgan fingerprint density at radius 1 is 1.62 bits per heavy atom. The molecule has 74 valence electrons. The van der Waals surface area contributed by atoms with E-state index in [1.165, 1.54) is 4.57 Å². The molecule has 0 aliphatic heterocycles. The molecule has 0 spiro atoms. The first kappa shape index (κ1) is 9.70. The fourth-order valence-electron chi connectivity index (χ4n) is 0.968. The summed E-state index contributed by atoms with van der Waals surface area (Å²) in [5, 5.41) is 9.21. The van der Waals surface area contributed by atoms with E-state index in [1.807, 2.05) is 6.92 Å². The molecule has 2 N–H and O–H groups in total. The van der Waals surface area contributed by atoms with Crippen LogP contribution in [0.5, 0.6) is 11.8 Å². The van der Waals surface area contributed by atoms with Gasteiger partial charge in [0.2, 0.25) is 0 Å². The van der Waals surface area contributed by atoms with E-state index in [1.54, 1.807) is 7.05 Å². The van der Waals surface area contributed by atoms with Gasteiger partial charge < -0.3 is 9.84 Å². The molecule has 0 saturated heterocycles. The van der Waals surface area contributed by atoms with Gasteiger partial charge in [0.1, 0.15) is 0 Å². The van der Waals surface area contributed by atoms with Gasteiger partial charge in [-0.3, -0.25) is 9.55 Å². The van der Waals surface area contributed by atoms with Crippen molar-refractivity contribution in [3.8, 4) is 11.8 Å². The van der Waals surface area contributed by atoms with Crippen LogP contribution in [0.1, 0.15) is 19.8 Å². The highest BCUT2D eigenvalue weighted by atomic mass is 16.5. The van der Waals surface area contributed by atoms with Crippen LogP contribution in [0.2, 0.25) is 0 Å². The van der Waals surface area contributed by atoms with Gasteiger partial charge in [0.25, 0.3) is 11.8 Å². The van der Waals surface area contributed by atoms with Crippen LogP contribution in [-0.2, 0) is 7.05 Å². The van der Waals surface area contributed by atoms with Gasteiger partial charge in [-0.1, -0.05) is 13.3 Å². The van der Waals surface area contributed by atoms with Crippen LogP contribution < -0.4 is 10.4 Å². The van der Waals surface area contributed by atoms with Crippen molar-refractivity contribution in [2.45, 2.75) is 19.8 Å². The molecule has 0 aromatic carbocycles. The lowest BCUT2D eigenvalue weighted by Crippen LogP contribution is -2.14. The lowest BCUT2D eigenvalue weighted by atomic mass is 10.4. The van der Waals surface area contributed by atoms with E-state index >= 15 is 0 Å². The predicted octanol–water partition coefficient (Wildman–Crippen LogP) is 0.598. The number of aromatic nitrogens is 2. The molecule has 0 aliphatic carbocycles. The van der Waals surface area contributed by atoms with E-state index in [9.17, 15) is 9.90 Å². The molecule has 1 heterocycles. The maximum absolute atomic E-state index is 11.0. The SMILES string of the molecule is CCCCOc1c(O)[nH]c(=O)n1C. The number of nitrogens with zero attached hydrogens (tertiary/aromatic N) is 1. The van der Waals surface area contributed by atoms with E-state index < -0.39 is 0 Å². The van der Waals surface area contributed by atoms with E-state index in [2.05, 4.69) is 4.98 Å². The third-order valence-corrected chi connectivity index (χ3v) is 1.77. The summed E-state index contributed by atoms with van der Waals surface area (Å²) >= 11 is 0. The van der Waals surface area contributed by atoms with Crippen molar-refractivity contribution < 1.29 is 9.84 Å². The van der Waals surface area contributed by atoms with Crippen LogP contribution in [0.25, 0.3) is 0 Å². The molecule has 0 amide bonds. The Bertz CT molecular complexity index is 327. The lowest BCUT2D eigenvalue weighted by molar-refractivity contribution is 0.271. The summed E-state index contributed by atoms with van der Waals surface area (Å²) in [5.41, 5.74) is -0.371. The van der Waals surface area contributed by atoms with Gasteiger partial charge in [0, 0.05) is 7.05 Å². The number of hydrogen-bond acceptors (Lipinski definition) is 3. The fourth-order valence-corrected chi connectivity index (χ4v) is 0.968. The number of ether oxygens (including phenoxy) is 1. The lowest BCUT2D eigenvalue weighted by Gasteiger charge is -2.04. The Kier molecular flexibility index (Phi) is 3.00. The zero-order valence-corrected chi connectivity index (χ0v) is 7.83. The van der Waals surface area contributed by atoms with Gasteiger partial charge in [-0.05, 0) is 6.42 Å². The highest BCUT2D eigenvalue weighted by molar-refractivity contribution is 5.24. The Labute approximate surface area is 76.0 Å². The summed E-state index contributed by atoms with van der Waals surface area (Å²) < 4.78 is 6.45. The van der Waals surface area contributed by atoms with Gasteiger partial charge in [0.15, 0.2) is 0 Å². The molecule has 1 rings (SSSR count). The minimum Gasteiger partial charge on any atom is -0.491 e. The summed E-state index contributed by atoms with van der Waals surface area (Å²) in [4.78, 5) is 13.2. The quantitative estimate of drug-likeness (QED) is 0.676. The van der Waals surface area contributed by atoms with E-state index in [0.717, 1.165) is 12.8 Å². The largest absolute Gasteiger partial charge is 0.491 e. The van der Waals surface area contributed by atoms with Gasteiger partial charge in [0.05, 0.1) is 6.61 Å². The first-order valence-corrected chi connectivity index (χ1v) is 4.27.